The Morgan fingerprint density at radius 3 is 3.00 bits per heavy atom. The molecule has 0 radical (unpaired) electrons. The number of rotatable bonds is 5. The first-order valence-electron chi connectivity index (χ1n) is 5.48. The second-order valence-electron chi connectivity index (χ2n) is 3.84. The number of hydrogen-bond acceptors (Lipinski definition) is 4. The van der Waals surface area contributed by atoms with Gasteiger partial charge >= 0.3 is 0 Å². The molecule has 1 heterocycles. The lowest BCUT2D eigenvalue weighted by Gasteiger charge is -2.20. The summed E-state index contributed by atoms with van der Waals surface area (Å²) < 4.78 is 0. The minimum absolute atomic E-state index is 0.0285. The third-order valence-corrected chi connectivity index (χ3v) is 2.31. The van der Waals surface area contributed by atoms with Gasteiger partial charge in [-0.15, -0.1) is 0 Å². The average Bonchev–Trinajstić information content (AvgIpc) is 2.29. The van der Waals surface area contributed by atoms with Crippen molar-refractivity contribution in [2.24, 2.45) is 5.92 Å². The van der Waals surface area contributed by atoms with Crippen molar-refractivity contribution in [1.82, 2.24) is 4.98 Å². The monoisotopic (exact) mass is 218 g/mol. The summed E-state index contributed by atoms with van der Waals surface area (Å²) in [5, 5.41) is 11.9. The number of anilines is 2. The second-order valence-corrected chi connectivity index (χ2v) is 3.84. The summed E-state index contributed by atoms with van der Waals surface area (Å²) in [6.07, 6.45) is 1.78. The first-order chi connectivity index (χ1) is 7.67. The first kappa shape index (κ1) is 12.3. The van der Waals surface area contributed by atoms with Crippen molar-refractivity contribution in [3.05, 3.63) is 18.3 Å². The van der Waals surface area contributed by atoms with Gasteiger partial charge in [0.1, 0.15) is 5.82 Å². The van der Waals surface area contributed by atoms with Crippen LogP contribution in [0.2, 0.25) is 0 Å². The fourth-order valence-corrected chi connectivity index (χ4v) is 1.49. The Bertz CT molecular complexity index is 370. The molecule has 0 aromatic carbocycles. The van der Waals surface area contributed by atoms with Gasteiger partial charge in [0.15, 0.2) is 0 Å². The van der Waals surface area contributed by atoms with Crippen molar-refractivity contribution in [1.29, 1.82) is 5.26 Å². The van der Waals surface area contributed by atoms with Gasteiger partial charge in [-0.1, -0.05) is 0 Å². The highest BCUT2D eigenvalue weighted by molar-refractivity contribution is 5.53. The Balaban J connectivity index is 2.71. The van der Waals surface area contributed by atoms with Gasteiger partial charge in [0.2, 0.25) is 0 Å². The minimum atomic E-state index is 0.0285. The summed E-state index contributed by atoms with van der Waals surface area (Å²) in [4.78, 5) is 6.27. The molecule has 1 atom stereocenters. The van der Waals surface area contributed by atoms with Gasteiger partial charge in [0.25, 0.3) is 0 Å². The summed E-state index contributed by atoms with van der Waals surface area (Å²) in [6.45, 7) is 5.54. The Hall–Kier alpha value is -1.76. The van der Waals surface area contributed by atoms with Crippen molar-refractivity contribution in [3.63, 3.8) is 0 Å². The summed E-state index contributed by atoms with van der Waals surface area (Å²) >= 11 is 0. The van der Waals surface area contributed by atoms with Crippen molar-refractivity contribution in [2.45, 2.75) is 13.8 Å². The molecule has 1 rings (SSSR count). The molecule has 0 saturated carbocycles. The van der Waals surface area contributed by atoms with E-state index in [-0.39, 0.29) is 5.92 Å². The molecule has 4 nitrogen and oxygen atoms in total. The van der Waals surface area contributed by atoms with Crippen LogP contribution in [-0.2, 0) is 0 Å². The molecule has 1 unspecified atom stereocenters. The van der Waals surface area contributed by atoms with Gasteiger partial charge in [0.05, 0.1) is 12.0 Å². The maximum atomic E-state index is 8.77. The largest absolute Gasteiger partial charge is 0.373 e. The molecular formula is C12H18N4. The Labute approximate surface area is 96.9 Å². The Kier molecular flexibility index (Phi) is 4.59. The third kappa shape index (κ3) is 3.43. The third-order valence-electron chi connectivity index (χ3n) is 2.31. The maximum Gasteiger partial charge on any atom is 0.127 e. The number of nitriles is 1. The number of aromatic nitrogens is 1. The van der Waals surface area contributed by atoms with Crippen molar-refractivity contribution in [2.75, 3.05) is 30.4 Å². The topological polar surface area (TPSA) is 52.0 Å². The van der Waals surface area contributed by atoms with Crippen LogP contribution in [0.1, 0.15) is 13.8 Å². The molecule has 4 heteroatoms. The molecule has 16 heavy (non-hydrogen) atoms. The van der Waals surface area contributed by atoms with E-state index in [1.165, 1.54) is 0 Å². The van der Waals surface area contributed by atoms with Crippen LogP contribution >= 0.6 is 0 Å². The zero-order valence-corrected chi connectivity index (χ0v) is 10.1. The lowest BCUT2D eigenvalue weighted by Crippen LogP contribution is -2.23. The smallest absolute Gasteiger partial charge is 0.127 e. The maximum absolute atomic E-state index is 8.77. The van der Waals surface area contributed by atoms with Crippen LogP contribution in [0.4, 0.5) is 11.5 Å². The summed E-state index contributed by atoms with van der Waals surface area (Å²) in [7, 11) is 1.99. The van der Waals surface area contributed by atoms with Gasteiger partial charge in [-0.25, -0.2) is 4.98 Å². The predicted molar refractivity (Wildman–Crippen MR) is 66.4 cm³/mol. The normalized spacial score (nSPS) is 11.6. The van der Waals surface area contributed by atoms with Crippen LogP contribution < -0.4 is 10.2 Å². The molecule has 0 fully saturated rings. The zero-order valence-electron chi connectivity index (χ0n) is 10.1. The van der Waals surface area contributed by atoms with Gasteiger partial charge < -0.3 is 10.2 Å². The number of nitrogens with zero attached hydrogens (tertiary/aromatic N) is 3. The summed E-state index contributed by atoms with van der Waals surface area (Å²) in [5.74, 6) is 0.900. The number of pyridine rings is 1. The fraction of sp³-hybridized carbons (Fsp3) is 0.500. The first-order valence-corrected chi connectivity index (χ1v) is 5.48. The SMILES string of the molecule is CCNc1cc(N(C)CC(C)C#N)ccn1. The molecule has 0 amide bonds. The van der Waals surface area contributed by atoms with Gasteiger partial charge in [-0.05, 0) is 19.9 Å². The highest BCUT2D eigenvalue weighted by atomic mass is 15.1. The molecule has 0 spiro atoms. The number of nitrogens with one attached hydrogen (secondary N) is 1. The quantitative estimate of drug-likeness (QED) is 0.822. The summed E-state index contributed by atoms with van der Waals surface area (Å²) in [6, 6.07) is 6.18. The van der Waals surface area contributed by atoms with Crippen LogP contribution in [0.15, 0.2) is 18.3 Å². The summed E-state index contributed by atoms with van der Waals surface area (Å²) in [5.41, 5.74) is 1.08. The van der Waals surface area contributed by atoms with Gasteiger partial charge in [-0.3, -0.25) is 0 Å². The van der Waals surface area contributed by atoms with E-state index in [4.69, 9.17) is 5.26 Å². The van der Waals surface area contributed by atoms with Crippen LogP contribution in [0.5, 0.6) is 0 Å². The van der Waals surface area contributed by atoms with E-state index in [0.29, 0.717) is 0 Å². The predicted octanol–water partition coefficient (Wildman–Crippen LogP) is 2.11. The Morgan fingerprint density at radius 1 is 1.62 bits per heavy atom. The molecule has 0 aliphatic heterocycles. The lowest BCUT2D eigenvalue weighted by atomic mass is 10.2. The molecule has 0 aliphatic rings. The van der Waals surface area contributed by atoms with E-state index in [2.05, 4.69) is 21.3 Å². The Morgan fingerprint density at radius 2 is 2.38 bits per heavy atom. The van der Waals surface area contributed by atoms with E-state index in [9.17, 15) is 0 Å². The molecule has 0 bridgehead atoms. The molecule has 1 aromatic rings. The van der Waals surface area contributed by atoms with E-state index in [1.807, 2.05) is 33.0 Å². The van der Waals surface area contributed by atoms with Crippen molar-refractivity contribution >= 4 is 11.5 Å². The van der Waals surface area contributed by atoms with E-state index >= 15 is 0 Å². The average molecular weight is 218 g/mol. The zero-order chi connectivity index (χ0) is 12.0. The molecule has 1 aromatic heterocycles. The van der Waals surface area contributed by atoms with Gasteiger partial charge in [-0.2, -0.15) is 5.26 Å². The van der Waals surface area contributed by atoms with Crippen LogP contribution in [0.3, 0.4) is 0 Å². The van der Waals surface area contributed by atoms with Crippen molar-refractivity contribution in [3.8, 4) is 6.07 Å². The number of hydrogen-bond donors (Lipinski definition) is 1. The van der Waals surface area contributed by atoms with E-state index in [1.54, 1.807) is 6.20 Å². The van der Waals surface area contributed by atoms with E-state index in [0.717, 1.165) is 24.6 Å². The fourth-order valence-electron chi connectivity index (χ4n) is 1.49. The standard InChI is InChI=1S/C12H18N4/c1-4-14-12-7-11(5-6-15-12)16(3)9-10(2)8-13/h5-7,10H,4,9H2,1-3H3,(H,14,15). The molecule has 86 valence electrons. The van der Waals surface area contributed by atoms with Gasteiger partial charge in [0, 0.05) is 38.1 Å². The highest BCUT2D eigenvalue weighted by Gasteiger charge is 2.06. The molecule has 0 saturated heterocycles. The minimum Gasteiger partial charge on any atom is -0.373 e. The van der Waals surface area contributed by atoms with Crippen LogP contribution in [0.25, 0.3) is 0 Å². The van der Waals surface area contributed by atoms with E-state index < -0.39 is 0 Å². The van der Waals surface area contributed by atoms with Crippen LogP contribution in [-0.4, -0.2) is 25.1 Å². The highest BCUT2D eigenvalue weighted by Crippen LogP contribution is 2.16. The van der Waals surface area contributed by atoms with Crippen molar-refractivity contribution < 1.29 is 0 Å². The molecule has 1 N–H and O–H groups in total. The molecule has 0 aliphatic carbocycles. The molecular weight excluding hydrogens is 200 g/mol. The second kappa shape index (κ2) is 5.96. The van der Waals surface area contributed by atoms with Crippen LogP contribution in [0, 0.1) is 17.2 Å². The lowest BCUT2D eigenvalue weighted by molar-refractivity contribution is 0.716.